The minimum atomic E-state index is -0.203. The third kappa shape index (κ3) is 5.05. The fraction of sp³-hybridized carbons (Fsp3) is 1.00. The summed E-state index contributed by atoms with van der Waals surface area (Å²) in [6.45, 7) is 13.8. The zero-order valence-electron chi connectivity index (χ0n) is 13.4. The van der Waals surface area contributed by atoms with Crippen molar-refractivity contribution in [1.82, 2.24) is 0 Å². The molecule has 0 radical (unpaired) electrons. The number of hydrogen-bond acceptors (Lipinski definition) is 3. The molecule has 0 saturated heterocycles. The lowest BCUT2D eigenvalue weighted by atomic mass is 9.75. The van der Waals surface area contributed by atoms with Gasteiger partial charge >= 0.3 is 0 Å². The lowest BCUT2D eigenvalue weighted by molar-refractivity contribution is -0.168. The van der Waals surface area contributed by atoms with Crippen molar-refractivity contribution in [3.8, 4) is 0 Å². The van der Waals surface area contributed by atoms with Crippen LogP contribution in [0.5, 0.6) is 0 Å². The van der Waals surface area contributed by atoms with Crippen molar-refractivity contribution in [2.24, 2.45) is 17.3 Å². The van der Waals surface area contributed by atoms with Gasteiger partial charge in [-0.25, -0.2) is 0 Å². The van der Waals surface area contributed by atoms with Crippen LogP contribution in [0.2, 0.25) is 0 Å². The van der Waals surface area contributed by atoms with Crippen molar-refractivity contribution >= 4 is 0 Å². The molecule has 114 valence electrons. The van der Waals surface area contributed by atoms with Gasteiger partial charge in [0.05, 0.1) is 6.61 Å². The Hall–Kier alpha value is -0.120. The Morgan fingerprint density at radius 1 is 1.11 bits per heavy atom. The Bertz CT molecular complexity index is 234. The van der Waals surface area contributed by atoms with E-state index in [-0.39, 0.29) is 6.29 Å². The highest BCUT2D eigenvalue weighted by atomic mass is 16.7. The van der Waals surface area contributed by atoms with Crippen LogP contribution in [0, 0.1) is 17.3 Å². The van der Waals surface area contributed by atoms with Crippen LogP contribution < -0.4 is 0 Å². The van der Waals surface area contributed by atoms with Gasteiger partial charge in [-0.1, -0.05) is 20.8 Å². The lowest BCUT2D eigenvalue weighted by Crippen LogP contribution is -2.26. The fourth-order valence-corrected chi connectivity index (χ4v) is 3.04. The van der Waals surface area contributed by atoms with E-state index in [4.69, 9.17) is 14.2 Å². The lowest BCUT2D eigenvalue weighted by Gasteiger charge is -2.31. The molecule has 3 heteroatoms. The van der Waals surface area contributed by atoms with Crippen LogP contribution in [-0.2, 0) is 14.2 Å². The summed E-state index contributed by atoms with van der Waals surface area (Å²) < 4.78 is 16.7. The van der Waals surface area contributed by atoms with Crippen LogP contribution in [0.4, 0.5) is 0 Å². The predicted octanol–water partition coefficient (Wildman–Crippen LogP) is 3.86. The zero-order valence-corrected chi connectivity index (χ0v) is 13.4. The normalized spacial score (nSPS) is 26.2. The molecule has 0 bridgehead atoms. The summed E-state index contributed by atoms with van der Waals surface area (Å²) in [5, 5.41) is 0. The van der Waals surface area contributed by atoms with E-state index in [1.54, 1.807) is 0 Å². The second-order valence-corrected chi connectivity index (χ2v) is 6.20. The van der Waals surface area contributed by atoms with Crippen molar-refractivity contribution in [3.05, 3.63) is 0 Å². The molecule has 0 aromatic rings. The van der Waals surface area contributed by atoms with E-state index in [1.807, 2.05) is 13.8 Å². The summed E-state index contributed by atoms with van der Waals surface area (Å²) >= 11 is 0. The van der Waals surface area contributed by atoms with Gasteiger partial charge in [0.15, 0.2) is 6.29 Å². The molecular weight excluding hydrogens is 240 g/mol. The maximum atomic E-state index is 5.74. The molecule has 1 rings (SSSR count). The van der Waals surface area contributed by atoms with E-state index in [0.29, 0.717) is 25.2 Å². The third-order valence-corrected chi connectivity index (χ3v) is 4.84. The molecule has 0 heterocycles. The largest absolute Gasteiger partial charge is 0.376 e. The van der Waals surface area contributed by atoms with E-state index >= 15 is 0 Å². The Morgan fingerprint density at radius 3 is 2.21 bits per heavy atom. The van der Waals surface area contributed by atoms with E-state index in [1.165, 1.54) is 12.8 Å². The smallest absolute Gasteiger partial charge is 0.180 e. The molecule has 19 heavy (non-hydrogen) atoms. The minimum absolute atomic E-state index is 0.203. The van der Waals surface area contributed by atoms with Crippen LogP contribution in [0.3, 0.4) is 0 Å². The van der Waals surface area contributed by atoms with Gasteiger partial charge in [0, 0.05) is 19.8 Å². The van der Waals surface area contributed by atoms with Crippen LogP contribution >= 0.6 is 0 Å². The fourth-order valence-electron chi connectivity index (χ4n) is 3.04. The molecular formula is C16H32O3. The first-order valence-electron chi connectivity index (χ1n) is 7.83. The molecule has 3 nitrogen and oxygen atoms in total. The van der Waals surface area contributed by atoms with E-state index in [2.05, 4.69) is 20.8 Å². The highest BCUT2D eigenvalue weighted by Crippen LogP contribution is 2.48. The first-order chi connectivity index (χ1) is 9.02. The number of hydrogen-bond donors (Lipinski definition) is 0. The Labute approximate surface area is 119 Å². The predicted molar refractivity (Wildman–Crippen MR) is 78.1 cm³/mol. The van der Waals surface area contributed by atoms with Gasteiger partial charge in [0.25, 0.3) is 0 Å². The van der Waals surface area contributed by atoms with Crippen molar-refractivity contribution in [2.75, 3.05) is 26.4 Å². The van der Waals surface area contributed by atoms with Crippen LogP contribution in [0.25, 0.3) is 0 Å². The highest BCUT2D eigenvalue weighted by molar-refractivity contribution is 4.89. The molecule has 1 unspecified atom stereocenters. The van der Waals surface area contributed by atoms with Crippen LogP contribution in [0.15, 0.2) is 0 Å². The molecule has 2 atom stereocenters. The summed E-state index contributed by atoms with van der Waals surface area (Å²) in [5.74, 6) is 1.62. The van der Waals surface area contributed by atoms with Crippen molar-refractivity contribution < 1.29 is 14.2 Å². The third-order valence-electron chi connectivity index (χ3n) is 4.84. The second kappa shape index (κ2) is 8.23. The monoisotopic (exact) mass is 272 g/mol. The SMILES string of the molecule is CCOC(COCC[C@H]1CCC(C)C1(C)C)OCC. The van der Waals surface area contributed by atoms with Crippen molar-refractivity contribution in [1.29, 1.82) is 0 Å². The average molecular weight is 272 g/mol. The van der Waals surface area contributed by atoms with Gasteiger partial charge in [-0.2, -0.15) is 0 Å². The van der Waals surface area contributed by atoms with Crippen LogP contribution in [0.1, 0.15) is 53.9 Å². The maximum absolute atomic E-state index is 5.74. The van der Waals surface area contributed by atoms with Crippen molar-refractivity contribution in [3.63, 3.8) is 0 Å². The van der Waals surface area contributed by atoms with Gasteiger partial charge in [-0.15, -0.1) is 0 Å². The average Bonchev–Trinajstić information content (AvgIpc) is 2.61. The number of ether oxygens (including phenoxy) is 3. The number of rotatable bonds is 9. The Morgan fingerprint density at radius 2 is 1.74 bits per heavy atom. The van der Waals surface area contributed by atoms with Crippen molar-refractivity contribution in [2.45, 2.75) is 60.2 Å². The highest BCUT2D eigenvalue weighted by Gasteiger charge is 2.39. The van der Waals surface area contributed by atoms with E-state index in [0.717, 1.165) is 24.9 Å². The van der Waals surface area contributed by atoms with Gasteiger partial charge in [0.1, 0.15) is 0 Å². The van der Waals surface area contributed by atoms with E-state index in [9.17, 15) is 0 Å². The summed E-state index contributed by atoms with van der Waals surface area (Å²) in [6, 6.07) is 0. The van der Waals surface area contributed by atoms with Gasteiger partial charge in [0.2, 0.25) is 0 Å². The molecule has 0 aromatic carbocycles. The van der Waals surface area contributed by atoms with Crippen LogP contribution in [-0.4, -0.2) is 32.7 Å². The molecule has 0 amide bonds. The van der Waals surface area contributed by atoms with Gasteiger partial charge in [-0.3, -0.25) is 0 Å². The molecule has 1 aliphatic carbocycles. The molecule has 0 aromatic heterocycles. The zero-order chi connectivity index (χ0) is 14.3. The topological polar surface area (TPSA) is 27.7 Å². The standard InChI is InChI=1S/C16H32O3/c1-6-18-15(19-7-2)12-17-11-10-14-9-8-13(3)16(14,4)5/h13-15H,6-12H2,1-5H3/t13?,14-/m1/s1. The first-order valence-corrected chi connectivity index (χ1v) is 7.83. The molecule has 1 aliphatic rings. The van der Waals surface area contributed by atoms with E-state index < -0.39 is 0 Å². The summed E-state index contributed by atoms with van der Waals surface area (Å²) in [4.78, 5) is 0. The Balaban J connectivity index is 2.19. The minimum Gasteiger partial charge on any atom is -0.376 e. The molecule has 1 saturated carbocycles. The Kier molecular flexibility index (Phi) is 7.33. The van der Waals surface area contributed by atoms with Gasteiger partial charge < -0.3 is 14.2 Å². The molecule has 0 spiro atoms. The second-order valence-electron chi connectivity index (χ2n) is 6.20. The molecule has 0 aliphatic heterocycles. The summed E-state index contributed by atoms with van der Waals surface area (Å²) in [6.07, 6.45) is 3.66. The summed E-state index contributed by atoms with van der Waals surface area (Å²) in [5.41, 5.74) is 0.461. The quantitative estimate of drug-likeness (QED) is 0.471. The van der Waals surface area contributed by atoms with Gasteiger partial charge in [-0.05, 0) is 50.4 Å². The first kappa shape index (κ1) is 16.9. The summed E-state index contributed by atoms with van der Waals surface area (Å²) in [7, 11) is 0. The maximum Gasteiger partial charge on any atom is 0.180 e. The molecule has 0 N–H and O–H groups in total. The molecule has 1 fully saturated rings.